The molecule has 0 aliphatic heterocycles. The predicted octanol–water partition coefficient (Wildman–Crippen LogP) is 2.18. The highest BCUT2D eigenvalue weighted by Crippen LogP contribution is 2.18. The van der Waals surface area contributed by atoms with Crippen LogP contribution in [0, 0.1) is 5.82 Å². The summed E-state index contributed by atoms with van der Waals surface area (Å²) in [7, 11) is -3.53. The molecule has 0 amide bonds. The molecule has 0 aliphatic rings. The lowest BCUT2D eigenvalue weighted by atomic mass is 10.2. The molecule has 21 heavy (non-hydrogen) atoms. The number of rotatable bonds is 5. The summed E-state index contributed by atoms with van der Waals surface area (Å²) in [4.78, 5) is 4.01. The lowest BCUT2D eigenvalue weighted by Crippen LogP contribution is -2.14. The maximum Gasteiger partial charge on any atom is 0.213 e. The van der Waals surface area contributed by atoms with Crippen LogP contribution < -0.4 is 10.5 Å². The highest BCUT2D eigenvalue weighted by atomic mass is 32.2. The molecule has 0 saturated carbocycles. The van der Waals surface area contributed by atoms with E-state index in [9.17, 15) is 12.8 Å². The summed E-state index contributed by atoms with van der Waals surface area (Å²) < 4.78 is 34.8. The molecule has 0 aliphatic carbocycles. The van der Waals surface area contributed by atoms with Crippen LogP contribution in [0.25, 0.3) is 0 Å². The van der Waals surface area contributed by atoms with Gasteiger partial charge >= 0.3 is 0 Å². The molecule has 1 unspecified atom stereocenters. The second-order valence-corrected chi connectivity index (χ2v) is 6.39. The van der Waals surface area contributed by atoms with Crippen molar-refractivity contribution in [3.8, 4) is 0 Å². The quantitative estimate of drug-likeness (QED) is 0.886. The maximum absolute atomic E-state index is 12.8. The van der Waals surface area contributed by atoms with Crippen molar-refractivity contribution >= 4 is 15.7 Å². The summed E-state index contributed by atoms with van der Waals surface area (Å²) in [6.45, 7) is 1.90. The third-order valence-electron chi connectivity index (χ3n) is 2.90. The molecule has 3 N–H and O–H groups in total. The van der Waals surface area contributed by atoms with Crippen LogP contribution in [0.3, 0.4) is 0 Å². The van der Waals surface area contributed by atoms with Crippen molar-refractivity contribution in [2.75, 3.05) is 5.32 Å². The van der Waals surface area contributed by atoms with Gasteiger partial charge < -0.3 is 5.32 Å². The van der Waals surface area contributed by atoms with Gasteiger partial charge in [0.1, 0.15) is 5.82 Å². The van der Waals surface area contributed by atoms with Gasteiger partial charge in [0.05, 0.1) is 23.7 Å². The van der Waals surface area contributed by atoms with Gasteiger partial charge in [-0.3, -0.25) is 4.98 Å². The van der Waals surface area contributed by atoms with Gasteiger partial charge in [0, 0.05) is 5.69 Å². The number of nitrogens with two attached hydrogens (primary N) is 1. The molecule has 0 spiro atoms. The molecule has 0 radical (unpaired) electrons. The molecule has 1 atom stereocenters. The zero-order chi connectivity index (χ0) is 15.5. The topological polar surface area (TPSA) is 85.1 Å². The smallest absolute Gasteiger partial charge is 0.213 e. The van der Waals surface area contributed by atoms with Crippen molar-refractivity contribution in [1.29, 1.82) is 0 Å². The molecular weight excluding hydrogens is 293 g/mol. The highest BCUT2D eigenvalue weighted by Gasteiger charge is 2.08. The zero-order valence-electron chi connectivity index (χ0n) is 11.5. The van der Waals surface area contributed by atoms with E-state index in [1.54, 1.807) is 30.3 Å². The van der Waals surface area contributed by atoms with Crippen molar-refractivity contribution in [2.45, 2.75) is 18.7 Å². The largest absolute Gasteiger partial charge is 0.377 e. The van der Waals surface area contributed by atoms with Gasteiger partial charge in [0.15, 0.2) is 0 Å². The summed E-state index contributed by atoms with van der Waals surface area (Å²) in [6, 6.07) is 9.78. The Bertz CT molecular complexity index is 700. The monoisotopic (exact) mass is 309 g/mol. The van der Waals surface area contributed by atoms with Crippen LogP contribution in [-0.4, -0.2) is 13.4 Å². The summed E-state index contributed by atoms with van der Waals surface area (Å²) in [5.74, 6) is -0.569. The lowest BCUT2D eigenvalue weighted by molar-refractivity contribution is 0.597. The van der Waals surface area contributed by atoms with E-state index >= 15 is 0 Å². The van der Waals surface area contributed by atoms with Crippen molar-refractivity contribution in [2.24, 2.45) is 5.14 Å². The normalized spacial score (nSPS) is 12.9. The number of sulfonamides is 1. The van der Waals surface area contributed by atoms with E-state index in [-0.39, 0.29) is 17.6 Å². The Kier molecular flexibility index (Phi) is 4.54. The van der Waals surface area contributed by atoms with Crippen molar-refractivity contribution in [1.82, 2.24) is 4.98 Å². The fraction of sp³-hybridized carbons (Fsp3) is 0.214. The first-order chi connectivity index (χ1) is 9.83. The zero-order valence-corrected chi connectivity index (χ0v) is 12.3. The third kappa shape index (κ3) is 4.80. The van der Waals surface area contributed by atoms with Gasteiger partial charge in [-0.25, -0.2) is 17.9 Å². The van der Waals surface area contributed by atoms with E-state index in [2.05, 4.69) is 10.3 Å². The summed E-state index contributed by atoms with van der Waals surface area (Å²) in [6.07, 6.45) is 1.17. The second kappa shape index (κ2) is 6.19. The standard InChI is InChI=1S/C14H16FN3O2S/c1-10(14-7-4-12(15)8-17-14)18-13-5-2-11(3-6-13)9-21(16,19)20/h2-8,10,18H,9H2,1H3,(H2,16,19,20). The molecule has 1 aromatic heterocycles. The Morgan fingerprint density at radius 1 is 1.24 bits per heavy atom. The van der Waals surface area contributed by atoms with Gasteiger partial charge in [-0.2, -0.15) is 0 Å². The van der Waals surface area contributed by atoms with Crippen LogP contribution in [0.15, 0.2) is 42.6 Å². The van der Waals surface area contributed by atoms with Crippen molar-refractivity contribution in [3.63, 3.8) is 0 Å². The molecule has 2 aromatic rings. The van der Waals surface area contributed by atoms with Gasteiger partial charge in [-0.15, -0.1) is 0 Å². The first-order valence-corrected chi connectivity index (χ1v) is 8.02. The molecule has 1 aromatic carbocycles. The Morgan fingerprint density at radius 3 is 2.43 bits per heavy atom. The Hall–Kier alpha value is -1.99. The molecule has 0 saturated heterocycles. The minimum Gasteiger partial charge on any atom is -0.377 e. The molecule has 5 nitrogen and oxygen atoms in total. The summed E-state index contributed by atoms with van der Waals surface area (Å²) in [5, 5.41) is 8.19. The number of anilines is 1. The van der Waals surface area contributed by atoms with E-state index in [1.165, 1.54) is 12.3 Å². The van der Waals surface area contributed by atoms with Gasteiger partial charge in [-0.1, -0.05) is 12.1 Å². The molecule has 112 valence electrons. The van der Waals surface area contributed by atoms with Gasteiger partial charge in [0.2, 0.25) is 10.0 Å². The molecule has 0 fully saturated rings. The molecule has 1 heterocycles. The van der Waals surface area contributed by atoms with Crippen LogP contribution in [0.2, 0.25) is 0 Å². The number of nitrogens with one attached hydrogen (secondary N) is 1. The summed E-state index contributed by atoms with van der Waals surface area (Å²) >= 11 is 0. The van der Waals surface area contributed by atoms with Gasteiger partial charge in [-0.05, 0) is 36.8 Å². The fourth-order valence-electron chi connectivity index (χ4n) is 1.90. The molecule has 2 rings (SSSR count). The van der Waals surface area contributed by atoms with Crippen LogP contribution in [0.1, 0.15) is 24.2 Å². The first kappa shape index (κ1) is 15.4. The summed E-state index contributed by atoms with van der Waals surface area (Å²) in [5.41, 5.74) is 2.15. The van der Waals surface area contributed by atoms with Crippen LogP contribution in [-0.2, 0) is 15.8 Å². The van der Waals surface area contributed by atoms with E-state index in [0.29, 0.717) is 11.3 Å². The minimum atomic E-state index is -3.53. The van der Waals surface area contributed by atoms with Crippen molar-refractivity contribution < 1.29 is 12.8 Å². The first-order valence-electron chi connectivity index (χ1n) is 6.31. The minimum absolute atomic E-state index is 0.102. The Labute approximate surface area is 123 Å². The number of aromatic nitrogens is 1. The number of hydrogen-bond donors (Lipinski definition) is 2. The number of benzene rings is 1. The molecule has 7 heteroatoms. The van der Waals surface area contributed by atoms with E-state index < -0.39 is 10.0 Å². The SMILES string of the molecule is CC(Nc1ccc(CS(N)(=O)=O)cc1)c1ccc(F)cn1. The fourth-order valence-corrected chi connectivity index (χ4v) is 2.55. The maximum atomic E-state index is 12.8. The van der Waals surface area contributed by atoms with E-state index in [4.69, 9.17) is 5.14 Å². The number of hydrogen-bond acceptors (Lipinski definition) is 4. The van der Waals surface area contributed by atoms with Gasteiger partial charge in [0.25, 0.3) is 0 Å². The Balaban J connectivity index is 2.04. The third-order valence-corrected chi connectivity index (χ3v) is 3.63. The number of halogens is 1. The number of nitrogens with zero attached hydrogens (tertiary/aromatic N) is 1. The number of pyridine rings is 1. The second-order valence-electron chi connectivity index (χ2n) is 4.77. The molecular formula is C14H16FN3O2S. The average Bonchev–Trinajstić information content (AvgIpc) is 2.40. The highest BCUT2D eigenvalue weighted by molar-refractivity contribution is 7.88. The van der Waals surface area contributed by atoms with Crippen LogP contribution in [0.4, 0.5) is 10.1 Å². The van der Waals surface area contributed by atoms with E-state index in [0.717, 1.165) is 5.69 Å². The van der Waals surface area contributed by atoms with Crippen LogP contribution >= 0.6 is 0 Å². The van der Waals surface area contributed by atoms with Crippen LogP contribution in [0.5, 0.6) is 0 Å². The van der Waals surface area contributed by atoms with Crippen molar-refractivity contribution in [3.05, 3.63) is 59.7 Å². The van der Waals surface area contributed by atoms with E-state index in [1.807, 2.05) is 6.92 Å². The lowest BCUT2D eigenvalue weighted by Gasteiger charge is -2.15. The average molecular weight is 309 g/mol. The molecule has 0 bridgehead atoms. The number of primary sulfonamides is 1. The Morgan fingerprint density at radius 2 is 1.90 bits per heavy atom. The predicted molar refractivity (Wildman–Crippen MR) is 79.5 cm³/mol.